The number of hydrogen-bond acceptors (Lipinski definition) is 2. The third-order valence-corrected chi connectivity index (χ3v) is 4.49. The number of piperidine rings is 1. The van der Waals surface area contributed by atoms with E-state index < -0.39 is 0 Å². The third kappa shape index (κ3) is 3.80. The van der Waals surface area contributed by atoms with Crippen molar-refractivity contribution in [3.63, 3.8) is 0 Å². The molecule has 2 rings (SSSR count). The highest BCUT2D eigenvalue weighted by Gasteiger charge is 2.21. The number of nitrogens with one attached hydrogen (secondary N) is 1. The van der Waals surface area contributed by atoms with Crippen LogP contribution in [0.15, 0.2) is 18.2 Å². The second-order valence-electron chi connectivity index (χ2n) is 6.27. The first kappa shape index (κ1) is 14.5. The lowest BCUT2D eigenvalue weighted by molar-refractivity contribution is 0.225. The lowest BCUT2D eigenvalue weighted by Gasteiger charge is -2.31. The van der Waals surface area contributed by atoms with Crippen LogP contribution in [0.3, 0.4) is 0 Å². The maximum absolute atomic E-state index is 3.53. The number of benzene rings is 1. The van der Waals surface area contributed by atoms with Gasteiger partial charge < -0.3 is 10.2 Å². The van der Waals surface area contributed by atoms with E-state index in [2.05, 4.69) is 56.4 Å². The van der Waals surface area contributed by atoms with Gasteiger partial charge in [0.05, 0.1) is 0 Å². The van der Waals surface area contributed by atoms with Crippen LogP contribution in [0.1, 0.15) is 42.0 Å². The highest BCUT2D eigenvalue weighted by molar-refractivity contribution is 5.31. The molecule has 106 valence electrons. The Balaban J connectivity index is 2.12. The molecule has 2 nitrogen and oxygen atoms in total. The maximum Gasteiger partial charge on any atom is 0.0345 e. The van der Waals surface area contributed by atoms with Crippen LogP contribution >= 0.6 is 0 Å². The van der Waals surface area contributed by atoms with E-state index >= 15 is 0 Å². The molecule has 0 amide bonds. The molecule has 0 spiro atoms. The number of aryl methyl sites for hydroxylation is 2. The molecule has 0 aliphatic carbocycles. The Hall–Kier alpha value is -0.860. The minimum Gasteiger partial charge on any atom is -0.316 e. The minimum atomic E-state index is 0.546. The summed E-state index contributed by atoms with van der Waals surface area (Å²) in [6, 6.07) is 7.49. The third-order valence-electron chi connectivity index (χ3n) is 4.49. The van der Waals surface area contributed by atoms with Crippen LogP contribution in [0, 0.1) is 19.8 Å². The molecule has 0 radical (unpaired) electrons. The SMILES string of the molecule is Cc1ccc(C(CC2CCCNC2)N(C)C)cc1C. The molecule has 19 heavy (non-hydrogen) atoms. The van der Waals surface area contributed by atoms with Crippen molar-refractivity contribution in [2.24, 2.45) is 5.92 Å². The van der Waals surface area contributed by atoms with Crippen molar-refractivity contribution in [3.8, 4) is 0 Å². The van der Waals surface area contributed by atoms with Gasteiger partial charge in [-0.2, -0.15) is 0 Å². The van der Waals surface area contributed by atoms with Crippen molar-refractivity contribution in [1.29, 1.82) is 0 Å². The van der Waals surface area contributed by atoms with E-state index in [0.717, 1.165) is 5.92 Å². The zero-order valence-corrected chi connectivity index (χ0v) is 12.9. The van der Waals surface area contributed by atoms with Gasteiger partial charge in [0.2, 0.25) is 0 Å². The molecule has 2 unspecified atom stereocenters. The quantitative estimate of drug-likeness (QED) is 0.893. The summed E-state index contributed by atoms with van der Waals surface area (Å²) in [6.07, 6.45) is 3.97. The van der Waals surface area contributed by atoms with Crippen LogP contribution < -0.4 is 5.32 Å². The van der Waals surface area contributed by atoms with Gasteiger partial charge in [-0.05, 0) is 82.9 Å². The Morgan fingerprint density at radius 3 is 2.63 bits per heavy atom. The van der Waals surface area contributed by atoms with Gasteiger partial charge in [-0.1, -0.05) is 18.2 Å². The van der Waals surface area contributed by atoms with E-state index in [0.29, 0.717) is 6.04 Å². The highest BCUT2D eigenvalue weighted by atomic mass is 15.1. The molecule has 1 N–H and O–H groups in total. The molecule has 0 bridgehead atoms. The molecule has 1 aliphatic heterocycles. The van der Waals surface area contributed by atoms with E-state index in [9.17, 15) is 0 Å². The van der Waals surface area contributed by atoms with E-state index in [1.165, 1.54) is 49.0 Å². The van der Waals surface area contributed by atoms with Crippen LogP contribution in [0.4, 0.5) is 0 Å². The summed E-state index contributed by atoms with van der Waals surface area (Å²) >= 11 is 0. The van der Waals surface area contributed by atoms with Gasteiger partial charge in [0.1, 0.15) is 0 Å². The van der Waals surface area contributed by atoms with Gasteiger partial charge in [-0.25, -0.2) is 0 Å². The van der Waals surface area contributed by atoms with Gasteiger partial charge in [-0.3, -0.25) is 0 Å². The van der Waals surface area contributed by atoms with E-state index in [1.807, 2.05) is 0 Å². The van der Waals surface area contributed by atoms with Gasteiger partial charge in [0, 0.05) is 6.04 Å². The number of rotatable bonds is 4. The first-order chi connectivity index (χ1) is 9.08. The van der Waals surface area contributed by atoms with Crippen molar-refractivity contribution in [3.05, 3.63) is 34.9 Å². The predicted molar refractivity (Wildman–Crippen MR) is 82.6 cm³/mol. The molecule has 2 heteroatoms. The summed E-state index contributed by atoms with van der Waals surface area (Å²) in [5.74, 6) is 0.822. The van der Waals surface area contributed by atoms with E-state index in [-0.39, 0.29) is 0 Å². The summed E-state index contributed by atoms with van der Waals surface area (Å²) in [5, 5.41) is 3.53. The minimum absolute atomic E-state index is 0.546. The first-order valence-corrected chi connectivity index (χ1v) is 7.52. The zero-order valence-electron chi connectivity index (χ0n) is 12.9. The molecule has 0 saturated carbocycles. The molecule has 1 saturated heterocycles. The lowest BCUT2D eigenvalue weighted by atomic mass is 9.88. The molecular weight excluding hydrogens is 232 g/mol. The molecule has 1 aliphatic rings. The Kier molecular flexibility index (Phi) is 5.00. The molecular formula is C17H28N2. The number of nitrogens with zero attached hydrogens (tertiary/aromatic N) is 1. The molecule has 0 aromatic heterocycles. The number of hydrogen-bond donors (Lipinski definition) is 1. The Bertz CT molecular complexity index is 406. The van der Waals surface area contributed by atoms with Gasteiger partial charge in [0.15, 0.2) is 0 Å². The smallest absolute Gasteiger partial charge is 0.0345 e. The van der Waals surface area contributed by atoms with Gasteiger partial charge in [0.25, 0.3) is 0 Å². The normalized spacial score (nSPS) is 21.6. The van der Waals surface area contributed by atoms with Crippen molar-refractivity contribution >= 4 is 0 Å². The average Bonchev–Trinajstić information content (AvgIpc) is 2.40. The molecule has 1 heterocycles. The monoisotopic (exact) mass is 260 g/mol. The largest absolute Gasteiger partial charge is 0.316 e. The fourth-order valence-corrected chi connectivity index (χ4v) is 3.06. The first-order valence-electron chi connectivity index (χ1n) is 7.52. The van der Waals surface area contributed by atoms with Gasteiger partial charge >= 0.3 is 0 Å². The summed E-state index contributed by atoms with van der Waals surface area (Å²) in [4.78, 5) is 2.37. The van der Waals surface area contributed by atoms with Crippen LogP contribution in [0.5, 0.6) is 0 Å². The zero-order chi connectivity index (χ0) is 13.8. The molecule has 2 atom stereocenters. The summed E-state index contributed by atoms with van der Waals surface area (Å²) in [7, 11) is 4.41. The Morgan fingerprint density at radius 2 is 2.05 bits per heavy atom. The average molecular weight is 260 g/mol. The van der Waals surface area contributed by atoms with E-state index in [4.69, 9.17) is 0 Å². The fourth-order valence-electron chi connectivity index (χ4n) is 3.06. The van der Waals surface area contributed by atoms with Gasteiger partial charge in [-0.15, -0.1) is 0 Å². The van der Waals surface area contributed by atoms with Crippen LogP contribution in [0.2, 0.25) is 0 Å². The second-order valence-corrected chi connectivity index (χ2v) is 6.27. The standard InChI is InChI=1S/C17H28N2/c1-13-7-8-16(10-14(13)2)17(19(3)4)11-15-6-5-9-18-12-15/h7-8,10,15,17-18H,5-6,9,11-12H2,1-4H3. The Labute approximate surface area is 118 Å². The van der Waals surface area contributed by atoms with Crippen LogP contribution in [-0.2, 0) is 0 Å². The Morgan fingerprint density at radius 1 is 1.26 bits per heavy atom. The summed E-state index contributed by atoms with van der Waals surface area (Å²) in [5.41, 5.74) is 4.27. The molecule has 1 fully saturated rings. The van der Waals surface area contributed by atoms with Crippen molar-refractivity contribution < 1.29 is 0 Å². The predicted octanol–water partition coefficient (Wildman–Crippen LogP) is 3.30. The molecule has 1 aromatic carbocycles. The highest BCUT2D eigenvalue weighted by Crippen LogP contribution is 2.29. The van der Waals surface area contributed by atoms with Crippen LogP contribution in [0.25, 0.3) is 0 Å². The maximum atomic E-state index is 3.53. The summed E-state index contributed by atoms with van der Waals surface area (Å²) < 4.78 is 0. The van der Waals surface area contributed by atoms with Crippen molar-refractivity contribution in [2.75, 3.05) is 27.2 Å². The van der Waals surface area contributed by atoms with Crippen molar-refractivity contribution in [1.82, 2.24) is 10.2 Å². The lowest BCUT2D eigenvalue weighted by Crippen LogP contribution is -2.33. The topological polar surface area (TPSA) is 15.3 Å². The van der Waals surface area contributed by atoms with E-state index in [1.54, 1.807) is 0 Å². The molecule has 1 aromatic rings. The van der Waals surface area contributed by atoms with Crippen LogP contribution in [-0.4, -0.2) is 32.1 Å². The van der Waals surface area contributed by atoms with Crippen molar-refractivity contribution in [2.45, 2.75) is 39.2 Å². The summed E-state index contributed by atoms with van der Waals surface area (Å²) in [6.45, 7) is 6.80. The fraction of sp³-hybridized carbons (Fsp3) is 0.647. The second kappa shape index (κ2) is 6.53.